The molecule has 0 fully saturated rings. The van der Waals surface area contributed by atoms with Gasteiger partial charge in [0.05, 0.1) is 30.3 Å². The van der Waals surface area contributed by atoms with Crippen LogP contribution >= 0.6 is 0 Å². The van der Waals surface area contributed by atoms with Crippen LogP contribution in [-0.4, -0.2) is 35.9 Å². The van der Waals surface area contributed by atoms with Gasteiger partial charge in [-0.1, -0.05) is 18.2 Å². The summed E-state index contributed by atoms with van der Waals surface area (Å²) in [5.41, 5.74) is 0.114. The van der Waals surface area contributed by atoms with Gasteiger partial charge in [0.25, 0.3) is 6.43 Å². The second kappa shape index (κ2) is 9.20. The van der Waals surface area contributed by atoms with Gasteiger partial charge in [-0.15, -0.1) is 0 Å². The molecule has 0 saturated heterocycles. The van der Waals surface area contributed by atoms with Crippen LogP contribution < -0.4 is 14.8 Å². The fourth-order valence-electron chi connectivity index (χ4n) is 3.63. The van der Waals surface area contributed by atoms with Crippen LogP contribution in [0.4, 0.5) is 19.0 Å². The summed E-state index contributed by atoms with van der Waals surface area (Å²) in [5, 5.41) is 3.79. The van der Waals surface area contributed by atoms with E-state index >= 15 is 0 Å². The minimum Gasteiger partial charge on any atom is -0.487 e. The molecule has 1 aliphatic rings. The van der Waals surface area contributed by atoms with Gasteiger partial charge in [0.1, 0.15) is 30.2 Å². The Hall–Kier alpha value is -3.07. The first-order valence-electron chi connectivity index (χ1n) is 10.4. The highest BCUT2D eigenvalue weighted by atomic mass is 19.3. The summed E-state index contributed by atoms with van der Waals surface area (Å²) in [5.74, 6) is 1.07. The van der Waals surface area contributed by atoms with Crippen LogP contribution in [0.15, 0.2) is 30.3 Å². The van der Waals surface area contributed by atoms with Gasteiger partial charge in [-0.25, -0.2) is 23.1 Å². The van der Waals surface area contributed by atoms with E-state index in [0.29, 0.717) is 53.9 Å². The number of aryl methyl sites for hydroxylation is 1. The number of benzene rings is 2. The largest absolute Gasteiger partial charge is 0.487 e. The third-order valence-corrected chi connectivity index (χ3v) is 5.15. The Balaban J connectivity index is 1.74. The summed E-state index contributed by atoms with van der Waals surface area (Å²) in [7, 11) is 0. The lowest BCUT2D eigenvalue weighted by atomic mass is 10.0. The molecule has 1 aromatic heterocycles. The van der Waals surface area contributed by atoms with E-state index in [-0.39, 0.29) is 11.7 Å². The molecule has 3 aromatic rings. The number of nitrogens with one attached hydrogen (secondary N) is 1. The normalized spacial score (nSPS) is 17.5. The molecule has 1 N–H and O–H groups in total. The van der Waals surface area contributed by atoms with E-state index in [1.54, 1.807) is 26.0 Å². The Morgan fingerprint density at radius 1 is 1.09 bits per heavy atom. The predicted octanol–water partition coefficient (Wildman–Crippen LogP) is 5.36. The highest BCUT2D eigenvalue weighted by Gasteiger charge is 2.22. The predicted molar refractivity (Wildman–Crippen MR) is 114 cm³/mol. The summed E-state index contributed by atoms with van der Waals surface area (Å²) in [6.45, 7) is 6.57. The number of alkyl halides is 2. The quantitative estimate of drug-likeness (QED) is 0.581. The first-order valence-corrected chi connectivity index (χ1v) is 10.4. The van der Waals surface area contributed by atoms with Crippen molar-refractivity contribution >= 4 is 16.7 Å². The Labute approximate surface area is 183 Å². The van der Waals surface area contributed by atoms with Crippen molar-refractivity contribution in [2.75, 3.05) is 25.1 Å². The van der Waals surface area contributed by atoms with Crippen molar-refractivity contribution in [1.29, 1.82) is 0 Å². The van der Waals surface area contributed by atoms with Gasteiger partial charge in [-0.2, -0.15) is 0 Å². The minimum absolute atomic E-state index is 0.125. The first kappa shape index (κ1) is 22.1. The van der Waals surface area contributed by atoms with Crippen molar-refractivity contribution in [2.45, 2.75) is 39.3 Å². The minimum atomic E-state index is -2.89. The second-order valence-corrected chi connectivity index (χ2v) is 7.70. The molecule has 0 aliphatic carbocycles. The molecular weight excluding hydrogens is 423 g/mol. The molecule has 6 nitrogen and oxygen atoms in total. The van der Waals surface area contributed by atoms with Crippen LogP contribution in [0.1, 0.15) is 43.3 Å². The second-order valence-electron chi connectivity index (χ2n) is 7.70. The third-order valence-electron chi connectivity index (χ3n) is 5.15. The maximum absolute atomic E-state index is 14.7. The van der Waals surface area contributed by atoms with Crippen molar-refractivity contribution in [1.82, 2.24) is 9.97 Å². The van der Waals surface area contributed by atoms with Gasteiger partial charge in [-0.3, -0.25) is 0 Å². The van der Waals surface area contributed by atoms with Crippen molar-refractivity contribution in [3.63, 3.8) is 0 Å². The Kier molecular flexibility index (Phi) is 6.36. The molecule has 0 saturated carbocycles. The van der Waals surface area contributed by atoms with Gasteiger partial charge < -0.3 is 19.5 Å². The molecule has 0 spiro atoms. The van der Waals surface area contributed by atoms with E-state index in [1.807, 2.05) is 6.92 Å². The molecule has 0 amide bonds. The number of fused-ring (bicyclic) bond motifs is 2. The van der Waals surface area contributed by atoms with Crippen LogP contribution in [0, 0.1) is 12.7 Å². The molecule has 2 aromatic carbocycles. The fraction of sp³-hybridized carbons (Fsp3) is 0.391. The van der Waals surface area contributed by atoms with Crippen LogP contribution in [0.5, 0.6) is 11.5 Å². The molecular formula is C23H24F3N3O3. The van der Waals surface area contributed by atoms with Crippen LogP contribution in [0.2, 0.25) is 0 Å². The molecule has 1 unspecified atom stereocenters. The van der Waals surface area contributed by atoms with Crippen LogP contribution in [0.3, 0.4) is 0 Å². The fourth-order valence-corrected chi connectivity index (χ4v) is 3.63. The van der Waals surface area contributed by atoms with Gasteiger partial charge >= 0.3 is 0 Å². The Morgan fingerprint density at radius 2 is 1.88 bits per heavy atom. The summed E-state index contributed by atoms with van der Waals surface area (Å²) in [6, 6.07) is 6.90. The highest BCUT2D eigenvalue weighted by Crippen LogP contribution is 2.37. The maximum atomic E-state index is 14.7. The number of hydrogen-bond donors (Lipinski definition) is 1. The SMILES string of the molecule is Cc1nc(NC(C)c2cccc(C(F)F)c2F)c2cc3c(cc2n1)OCCOC[C@H](C)O3. The molecule has 0 radical (unpaired) electrons. The Bertz CT molecular complexity index is 1130. The number of hydrogen-bond acceptors (Lipinski definition) is 6. The van der Waals surface area contributed by atoms with Crippen LogP contribution in [0.25, 0.3) is 10.9 Å². The van der Waals surface area contributed by atoms with E-state index in [0.717, 1.165) is 6.07 Å². The van der Waals surface area contributed by atoms with E-state index in [1.165, 1.54) is 12.1 Å². The van der Waals surface area contributed by atoms with E-state index in [2.05, 4.69) is 15.3 Å². The van der Waals surface area contributed by atoms with E-state index < -0.39 is 23.8 Å². The van der Waals surface area contributed by atoms with Crippen molar-refractivity contribution in [2.24, 2.45) is 0 Å². The zero-order valence-electron chi connectivity index (χ0n) is 18.0. The zero-order chi connectivity index (χ0) is 22.8. The monoisotopic (exact) mass is 447 g/mol. The molecule has 170 valence electrons. The highest BCUT2D eigenvalue weighted by molar-refractivity contribution is 5.92. The summed E-state index contributed by atoms with van der Waals surface area (Å²) in [4.78, 5) is 8.95. The average molecular weight is 447 g/mol. The summed E-state index contributed by atoms with van der Waals surface area (Å²) in [6.07, 6.45) is -3.09. The number of rotatable bonds is 4. The molecule has 2 atom stereocenters. The number of nitrogens with zero attached hydrogens (tertiary/aromatic N) is 2. The number of anilines is 1. The topological polar surface area (TPSA) is 65.5 Å². The van der Waals surface area contributed by atoms with Crippen molar-refractivity contribution in [3.8, 4) is 11.5 Å². The first-order chi connectivity index (χ1) is 15.3. The average Bonchev–Trinajstić information content (AvgIpc) is 2.82. The van der Waals surface area contributed by atoms with Crippen molar-refractivity contribution in [3.05, 3.63) is 53.1 Å². The molecule has 4 rings (SSSR count). The Morgan fingerprint density at radius 3 is 2.66 bits per heavy atom. The standard InChI is InChI=1S/C23H24F3N3O3/c1-12-11-30-7-8-31-19-10-18-17(9-20(19)32-12)23(29-14(3)28-18)27-13(2)15-5-4-6-16(21(15)24)22(25)26/h4-6,9-10,12-13,22H,7-8,11H2,1-3H3,(H,27,28,29)/t12-,13?/m0/s1. The summed E-state index contributed by atoms with van der Waals surface area (Å²) < 4.78 is 58.2. The molecule has 1 aliphatic heterocycles. The summed E-state index contributed by atoms with van der Waals surface area (Å²) >= 11 is 0. The van der Waals surface area contributed by atoms with Gasteiger partial charge in [0.15, 0.2) is 11.5 Å². The van der Waals surface area contributed by atoms with Gasteiger partial charge in [0, 0.05) is 17.0 Å². The number of aromatic nitrogens is 2. The molecule has 0 bridgehead atoms. The van der Waals surface area contributed by atoms with Gasteiger partial charge in [-0.05, 0) is 26.8 Å². The smallest absolute Gasteiger partial charge is 0.266 e. The lowest BCUT2D eigenvalue weighted by molar-refractivity contribution is 0.0546. The number of ether oxygens (including phenoxy) is 3. The lowest BCUT2D eigenvalue weighted by Gasteiger charge is -2.20. The van der Waals surface area contributed by atoms with Crippen LogP contribution in [-0.2, 0) is 4.74 Å². The molecule has 2 heterocycles. The van der Waals surface area contributed by atoms with E-state index in [4.69, 9.17) is 14.2 Å². The van der Waals surface area contributed by atoms with Crippen molar-refractivity contribution < 1.29 is 27.4 Å². The van der Waals surface area contributed by atoms with Gasteiger partial charge in [0.2, 0.25) is 0 Å². The molecule has 9 heteroatoms. The number of halogens is 3. The molecule has 32 heavy (non-hydrogen) atoms. The zero-order valence-corrected chi connectivity index (χ0v) is 18.0. The maximum Gasteiger partial charge on any atom is 0.266 e. The van der Waals surface area contributed by atoms with E-state index in [9.17, 15) is 13.2 Å². The third kappa shape index (κ3) is 4.57. The lowest BCUT2D eigenvalue weighted by Crippen LogP contribution is -2.19.